The van der Waals surface area contributed by atoms with Gasteiger partial charge in [-0.2, -0.15) is 13.2 Å². The number of amides is 1. The van der Waals surface area contributed by atoms with Gasteiger partial charge in [0.05, 0.1) is 22.9 Å². The highest BCUT2D eigenvalue weighted by molar-refractivity contribution is 6.06. The van der Waals surface area contributed by atoms with E-state index in [1.165, 1.54) is 24.7 Å². The van der Waals surface area contributed by atoms with Crippen molar-refractivity contribution < 1.29 is 31.5 Å². The number of aromatic nitrogens is 3. The van der Waals surface area contributed by atoms with Crippen molar-refractivity contribution in [3.63, 3.8) is 0 Å². The summed E-state index contributed by atoms with van der Waals surface area (Å²) in [6, 6.07) is 4.00. The smallest absolute Gasteiger partial charge is 0.371 e. The summed E-state index contributed by atoms with van der Waals surface area (Å²) in [7, 11) is 0. The Labute approximate surface area is 204 Å². The van der Waals surface area contributed by atoms with Crippen LogP contribution >= 0.6 is 0 Å². The minimum Gasteiger partial charge on any atom is -0.371 e. The molecule has 1 saturated heterocycles. The summed E-state index contributed by atoms with van der Waals surface area (Å²) in [5.41, 5.74) is -0.705. The minimum absolute atomic E-state index is 0.0114. The van der Waals surface area contributed by atoms with E-state index in [2.05, 4.69) is 20.3 Å². The van der Waals surface area contributed by atoms with Crippen molar-refractivity contribution in [2.24, 2.45) is 5.92 Å². The molecule has 2 atom stereocenters. The lowest BCUT2D eigenvalue weighted by Crippen LogP contribution is -2.35. The Morgan fingerprint density at radius 3 is 2.47 bits per heavy atom. The normalized spacial score (nSPS) is 18.3. The number of carbonyl (C=O) groups is 1. The number of ether oxygens (including phenoxy) is 1. The zero-order valence-corrected chi connectivity index (χ0v) is 19.4. The minimum atomic E-state index is -4.60. The molecule has 1 N–H and O–H groups in total. The monoisotopic (exact) mass is 506 g/mol. The first-order chi connectivity index (χ1) is 17.1. The molecule has 3 heterocycles. The number of alkyl halides is 3. The van der Waals surface area contributed by atoms with Crippen LogP contribution in [0.3, 0.4) is 0 Å². The highest BCUT2D eigenvalue weighted by Crippen LogP contribution is 2.46. The fraction of sp³-hybridized carbons (Fsp3) is 0.360. The van der Waals surface area contributed by atoms with E-state index < -0.39 is 35.7 Å². The molecule has 0 bridgehead atoms. The van der Waals surface area contributed by atoms with E-state index in [1.807, 2.05) is 13.8 Å². The SMILES string of the molecule is CC(C)c1ncc(C(=O)Nc2c(-c3cc(F)ccc3F)ccnc2[C@@H]2OCCC[C@H]2C(F)(F)F)cn1. The predicted octanol–water partition coefficient (Wildman–Crippen LogP) is 6.22. The molecular formula is C25H23F5N4O2. The van der Waals surface area contributed by atoms with Crippen LogP contribution in [-0.2, 0) is 4.74 Å². The molecule has 190 valence electrons. The lowest BCUT2D eigenvalue weighted by atomic mass is 9.89. The molecule has 36 heavy (non-hydrogen) atoms. The van der Waals surface area contributed by atoms with Gasteiger partial charge in [0.2, 0.25) is 0 Å². The molecular weight excluding hydrogens is 483 g/mol. The van der Waals surface area contributed by atoms with Gasteiger partial charge in [-0.15, -0.1) is 0 Å². The highest BCUT2D eigenvalue weighted by Gasteiger charge is 2.48. The van der Waals surface area contributed by atoms with Gasteiger partial charge >= 0.3 is 6.18 Å². The third-order valence-corrected chi connectivity index (χ3v) is 5.90. The van der Waals surface area contributed by atoms with Gasteiger partial charge in [0.1, 0.15) is 23.6 Å². The number of nitrogens with zero attached hydrogens (tertiary/aromatic N) is 3. The van der Waals surface area contributed by atoms with E-state index in [0.29, 0.717) is 5.82 Å². The highest BCUT2D eigenvalue weighted by atomic mass is 19.4. The predicted molar refractivity (Wildman–Crippen MR) is 121 cm³/mol. The number of hydrogen-bond acceptors (Lipinski definition) is 5. The zero-order valence-electron chi connectivity index (χ0n) is 19.4. The van der Waals surface area contributed by atoms with Gasteiger partial charge < -0.3 is 10.1 Å². The molecule has 4 rings (SSSR count). The summed E-state index contributed by atoms with van der Waals surface area (Å²) in [6.07, 6.45) is -2.42. The van der Waals surface area contributed by atoms with Crippen LogP contribution in [0.15, 0.2) is 42.9 Å². The van der Waals surface area contributed by atoms with Crippen LogP contribution in [0.1, 0.15) is 60.6 Å². The molecule has 3 aromatic rings. The number of rotatable bonds is 5. The maximum Gasteiger partial charge on any atom is 0.394 e. The molecule has 1 aliphatic heterocycles. The van der Waals surface area contributed by atoms with E-state index in [0.717, 1.165) is 18.2 Å². The van der Waals surface area contributed by atoms with Gasteiger partial charge in [-0.1, -0.05) is 13.8 Å². The number of benzene rings is 1. The van der Waals surface area contributed by atoms with E-state index in [1.54, 1.807) is 0 Å². The lowest BCUT2D eigenvalue weighted by molar-refractivity contribution is -0.223. The van der Waals surface area contributed by atoms with Crippen LogP contribution in [0.5, 0.6) is 0 Å². The van der Waals surface area contributed by atoms with Gasteiger partial charge in [-0.05, 0) is 37.1 Å². The van der Waals surface area contributed by atoms with E-state index in [-0.39, 0.29) is 53.4 Å². The fourth-order valence-corrected chi connectivity index (χ4v) is 4.08. The molecule has 6 nitrogen and oxygen atoms in total. The summed E-state index contributed by atoms with van der Waals surface area (Å²) in [6.45, 7) is 3.80. The van der Waals surface area contributed by atoms with Gasteiger partial charge in [0, 0.05) is 42.2 Å². The van der Waals surface area contributed by atoms with Gasteiger partial charge in [0.15, 0.2) is 0 Å². The summed E-state index contributed by atoms with van der Waals surface area (Å²) in [5.74, 6) is -3.72. The third-order valence-electron chi connectivity index (χ3n) is 5.90. The Balaban J connectivity index is 1.83. The molecule has 1 aromatic carbocycles. The van der Waals surface area contributed by atoms with Crippen LogP contribution in [0.2, 0.25) is 0 Å². The second-order valence-corrected chi connectivity index (χ2v) is 8.76. The van der Waals surface area contributed by atoms with Gasteiger partial charge in [-0.25, -0.2) is 18.7 Å². The van der Waals surface area contributed by atoms with Crippen LogP contribution < -0.4 is 5.32 Å². The first-order valence-corrected chi connectivity index (χ1v) is 11.3. The van der Waals surface area contributed by atoms with Gasteiger partial charge in [-0.3, -0.25) is 9.78 Å². The van der Waals surface area contributed by atoms with Crippen LogP contribution in [0.25, 0.3) is 11.1 Å². The fourth-order valence-electron chi connectivity index (χ4n) is 4.08. The number of pyridine rings is 1. The molecule has 1 amide bonds. The standard InChI is InChI=1S/C25H23F5N4O2/c1-13(2)23-32-11-14(12-33-23)24(35)34-20-16(17-10-15(26)5-6-19(17)27)7-8-31-21(20)22-18(25(28,29)30)4-3-9-36-22/h5-8,10-13,18,22H,3-4,9H2,1-2H3,(H,34,35)/t18-,22-/m1/s1. The van der Waals surface area contributed by atoms with Crippen molar-refractivity contribution in [3.8, 4) is 11.1 Å². The lowest BCUT2D eigenvalue weighted by Gasteiger charge is -2.34. The van der Waals surface area contributed by atoms with E-state index in [4.69, 9.17) is 4.74 Å². The van der Waals surface area contributed by atoms with Crippen molar-refractivity contribution in [1.82, 2.24) is 15.0 Å². The molecule has 1 aliphatic rings. The Kier molecular flexibility index (Phi) is 7.30. The largest absolute Gasteiger partial charge is 0.394 e. The number of nitrogens with one attached hydrogen (secondary N) is 1. The third kappa shape index (κ3) is 5.35. The van der Waals surface area contributed by atoms with Crippen molar-refractivity contribution >= 4 is 11.6 Å². The van der Waals surface area contributed by atoms with Crippen molar-refractivity contribution in [1.29, 1.82) is 0 Å². The first-order valence-electron chi connectivity index (χ1n) is 11.3. The second kappa shape index (κ2) is 10.3. The number of carbonyl (C=O) groups excluding carboxylic acids is 1. The maximum atomic E-state index is 14.7. The first kappa shape index (κ1) is 25.6. The van der Waals surface area contributed by atoms with Crippen molar-refractivity contribution in [2.75, 3.05) is 11.9 Å². The average molecular weight is 506 g/mol. The summed E-state index contributed by atoms with van der Waals surface area (Å²) in [4.78, 5) is 25.5. The molecule has 2 aromatic heterocycles. The van der Waals surface area contributed by atoms with E-state index >= 15 is 0 Å². The number of halogens is 5. The summed E-state index contributed by atoms with van der Waals surface area (Å²) >= 11 is 0. The molecule has 11 heteroatoms. The Morgan fingerprint density at radius 2 is 1.81 bits per heavy atom. The van der Waals surface area contributed by atoms with Crippen LogP contribution in [0.4, 0.5) is 27.6 Å². The van der Waals surface area contributed by atoms with Crippen molar-refractivity contribution in [3.05, 3.63) is 71.6 Å². The maximum absolute atomic E-state index is 14.7. The second-order valence-electron chi connectivity index (χ2n) is 8.76. The Morgan fingerprint density at radius 1 is 1.08 bits per heavy atom. The average Bonchev–Trinajstić information content (AvgIpc) is 2.85. The Hall–Kier alpha value is -3.47. The zero-order chi connectivity index (χ0) is 26.0. The van der Waals surface area contributed by atoms with Crippen LogP contribution in [-0.4, -0.2) is 33.6 Å². The van der Waals surface area contributed by atoms with E-state index in [9.17, 15) is 26.7 Å². The topological polar surface area (TPSA) is 77.0 Å². The molecule has 1 fully saturated rings. The molecule has 0 radical (unpaired) electrons. The Bertz CT molecular complexity index is 1250. The van der Waals surface area contributed by atoms with Gasteiger partial charge in [0.25, 0.3) is 5.91 Å². The summed E-state index contributed by atoms with van der Waals surface area (Å²) < 4.78 is 75.8. The molecule has 0 unspecified atom stereocenters. The number of anilines is 1. The number of hydrogen-bond donors (Lipinski definition) is 1. The molecule has 0 spiro atoms. The quantitative estimate of drug-likeness (QED) is 0.416. The van der Waals surface area contributed by atoms with Crippen LogP contribution in [0, 0.1) is 17.6 Å². The molecule has 0 saturated carbocycles. The summed E-state index contributed by atoms with van der Waals surface area (Å²) in [5, 5.41) is 2.54. The van der Waals surface area contributed by atoms with Crippen molar-refractivity contribution in [2.45, 2.75) is 44.9 Å². The molecule has 0 aliphatic carbocycles.